The van der Waals surface area contributed by atoms with Gasteiger partial charge in [-0.3, -0.25) is 0 Å². The lowest BCUT2D eigenvalue weighted by molar-refractivity contribution is 0.438. The Kier molecular flexibility index (Phi) is 4.11. The number of halogens is 2. The Morgan fingerprint density at radius 3 is 2.76 bits per heavy atom. The smallest absolute Gasteiger partial charge is 0.163 e. The second-order valence-electron chi connectivity index (χ2n) is 4.77. The minimum Gasteiger partial charge on any atom is -0.310 e. The summed E-state index contributed by atoms with van der Waals surface area (Å²) in [6.07, 6.45) is 4.58. The fourth-order valence-corrected chi connectivity index (χ4v) is 2.21. The molecule has 3 heteroatoms. The molecule has 1 aromatic rings. The van der Waals surface area contributed by atoms with E-state index in [2.05, 4.69) is 5.32 Å². The fraction of sp³-hybridized carbons (Fsp3) is 0.571. The van der Waals surface area contributed by atoms with Gasteiger partial charge in [-0.1, -0.05) is 31.9 Å². The number of hydrogen-bond donors (Lipinski definition) is 1. The average molecular weight is 239 g/mol. The maximum atomic E-state index is 13.7. The summed E-state index contributed by atoms with van der Waals surface area (Å²) in [5.41, 5.74) is 0.465. The first-order valence-electron chi connectivity index (χ1n) is 6.39. The molecular weight excluding hydrogens is 220 g/mol. The number of hydrogen-bond acceptors (Lipinski definition) is 1. The Bertz CT molecular complexity index is 374. The summed E-state index contributed by atoms with van der Waals surface area (Å²) in [7, 11) is 0. The minimum atomic E-state index is -0.753. The Morgan fingerprint density at radius 2 is 2.12 bits per heavy atom. The highest BCUT2D eigenvalue weighted by atomic mass is 19.2. The van der Waals surface area contributed by atoms with Crippen LogP contribution in [0.1, 0.15) is 44.2 Å². The van der Waals surface area contributed by atoms with E-state index in [4.69, 9.17) is 0 Å². The van der Waals surface area contributed by atoms with Gasteiger partial charge in [0.2, 0.25) is 0 Å². The van der Waals surface area contributed by atoms with E-state index in [-0.39, 0.29) is 6.04 Å². The van der Waals surface area contributed by atoms with Gasteiger partial charge in [-0.15, -0.1) is 0 Å². The van der Waals surface area contributed by atoms with Gasteiger partial charge in [-0.05, 0) is 31.4 Å². The zero-order chi connectivity index (χ0) is 12.3. The fourth-order valence-electron chi connectivity index (χ4n) is 2.21. The van der Waals surface area contributed by atoms with Crippen molar-refractivity contribution in [2.24, 2.45) is 5.92 Å². The van der Waals surface area contributed by atoms with Crippen LogP contribution in [-0.4, -0.2) is 6.54 Å². The first kappa shape index (κ1) is 12.5. The molecule has 0 heterocycles. The zero-order valence-corrected chi connectivity index (χ0v) is 10.2. The molecule has 1 aliphatic carbocycles. The Hall–Kier alpha value is -0.960. The monoisotopic (exact) mass is 239 g/mol. The lowest BCUT2D eigenvalue weighted by atomic mass is 9.99. The zero-order valence-electron chi connectivity index (χ0n) is 10.2. The van der Waals surface area contributed by atoms with Crippen molar-refractivity contribution in [3.05, 3.63) is 35.4 Å². The maximum Gasteiger partial charge on any atom is 0.163 e. The first-order valence-corrected chi connectivity index (χ1v) is 6.39. The molecule has 2 rings (SSSR count). The second-order valence-corrected chi connectivity index (χ2v) is 4.77. The molecule has 1 saturated carbocycles. The van der Waals surface area contributed by atoms with E-state index in [9.17, 15) is 8.78 Å². The van der Waals surface area contributed by atoms with Crippen molar-refractivity contribution in [3.8, 4) is 0 Å². The molecule has 1 N–H and O–H groups in total. The van der Waals surface area contributed by atoms with Gasteiger partial charge in [0, 0.05) is 11.6 Å². The van der Waals surface area contributed by atoms with Crippen LogP contribution in [0.15, 0.2) is 18.2 Å². The third-order valence-corrected chi connectivity index (χ3v) is 3.37. The van der Waals surface area contributed by atoms with Gasteiger partial charge in [-0.2, -0.15) is 0 Å². The van der Waals surface area contributed by atoms with E-state index in [1.165, 1.54) is 18.9 Å². The first-order chi connectivity index (χ1) is 8.22. The Labute approximate surface area is 101 Å². The van der Waals surface area contributed by atoms with Crippen molar-refractivity contribution in [1.82, 2.24) is 5.32 Å². The van der Waals surface area contributed by atoms with Crippen molar-refractivity contribution >= 4 is 0 Å². The average Bonchev–Trinajstić information content (AvgIpc) is 3.12. The Balaban J connectivity index is 2.09. The van der Waals surface area contributed by atoms with Gasteiger partial charge < -0.3 is 5.32 Å². The number of rotatable bonds is 6. The van der Waals surface area contributed by atoms with E-state index < -0.39 is 11.6 Å². The van der Waals surface area contributed by atoms with E-state index in [1.807, 2.05) is 6.92 Å². The van der Waals surface area contributed by atoms with Gasteiger partial charge in [0.05, 0.1) is 0 Å². The largest absolute Gasteiger partial charge is 0.310 e. The van der Waals surface area contributed by atoms with Crippen LogP contribution in [0.2, 0.25) is 0 Å². The van der Waals surface area contributed by atoms with Crippen molar-refractivity contribution < 1.29 is 8.78 Å². The molecule has 1 aromatic carbocycles. The maximum absolute atomic E-state index is 13.7. The van der Waals surface area contributed by atoms with Crippen LogP contribution in [0.25, 0.3) is 0 Å². The molecule has 0 bridgehead atoms. The highest BCUT2D eigenvalue weighted by Gasteiger charge is 2.24. The highest BCUT2D eigenvalue weighted by molar-refractivity contribution is 5.22. The van der Waals surface area contributed by atoms with Gasteiger partial charge >= 0.3 is 0 Å². The molecule has 1 unspecified atom stereocenters. The highest BCUT2D eigenvalue weighted by Crippen LogP contribution is 2.36. The molecule has 1 fully saturated rings. The summed E-state index contributed by atoms with van der Waals surface area (Å²) in [4.78, 5) is 0. The normalized spacial score (nSPS) is 17.1. The minimum absolute atomic E-state index is 0.0590. The van der Waals surface area contributed by atoms with Gasteiger partial charge in [0.1, 0.15) is 0 Å². The summed E-state index contributed by atoms with van der Waals surface area (Å²) in [6.45, 7) is 2.76. The van der Waals surface area contributed by atoms with Crippen molar-refractivity contribution in [1.29, 1.82) is 0 Å². The standard InChI is InChI=1S/C14H19F2N/c1-2-17-13(9-8-10-6-7-10)11-4-3-5-12(15)14(11)16/h3-5,10,13,17H,2,6-9H2,1H3. The molecular formula is C14H19F2N. The molecule has 1 aliphatic rings. The Morgan fingerprint density at radius 1 is 1.35 bits per heavy atom. The quantitative estimate of drug-likeness (QED) is 0.796. The summed E-state index contributed by atoms with van der Waals surface area (Å²) in [5, 5.41) is 3.24. The third kappa shape index (κ3) is 3.25. The van der Waals surface area contributed by atoms with Crippen molar-refractivity contribution in [2.45, 2.75) is 38.6 Å². The van der Waals surface area contributed by atoms with Crippen molar-refractivity contribution in [3.63, 3.8) is 0 Å². The third-order valence-electron chi connectivity index (χ3n) is 3.37. The van der Waals surface area contributed by atoms with Gasteiger partial charge in [0.15, 0.2) is 11.6 Å². The predicted molar refractivity (Wildman–Crippen MR) is 64.7 cm³/mol. The summed E-state index contributed by atoms with van der Waals surface area (Å²) in [6, 6.07) is 4.37. The van der Waals surface area contributed by atoms with Crippen LogP contribution in [0.4, 0.5) is 8.78 Å². The van der Waals surface area contributed by atoms with E-state index in [0.717, 1.165) is 25.3 Å². The lowest BCUT2D eigenvalue weighted by Gasteiger charge is -2.19. The molecule has 1 atom stereocenters. The molecule has 0 amide bonds. The van der Waals surface area contributed by atoms with Crippen LogP contribution in [0.3, 0.4) is 0 Å². The molecule has 0 aromatic heterocycles. The second kappa shape index (κ2) is 5.58. The summed E-state index contributed by atoms with van der Waals surface area (Å²) >= 11 is 0. The molecule has 0 spiro atoms. The van der Waals surface area contributed by atoms with Crippen LogP contribution in [0.5, 0.6) is 0 Å². The molecule has 1 nitrogen and oxygen atoms in total. The van der Waals surface area contributed by atoms with E-state index >= 15 is 0 Å². The van der Waals surface area contributed by atoms with Gasteiger partial charge in [0.25, 0.3) is 0 Å². The van der Waals surface area contributed by atoms with Crippen LogP contribution < -0.4 is 5.32 Å². The molecule has 0 radical (unpaired) electrons. The molecule has 17 heavy (non-hydrogen) atoms. The van der Waals surface area contributed by atoms with Gasteiger partial charge in [-0.25, -0.2) is 8.78 Å². The van der Waals surface area contributed by atoms with Crippen LogP contribution in [0, 0.1) is 17.6 Å². The molecule has 0 aliphatic heterocycles. The summed E-state index contributed by atoms with van der Waals surface area (Å²) < 4.78 is 26.9. The SMILES string of the molecule is CCNC(CCC1CC1)c1cccc(F)c1F. The van der Waals surface area contributed by atoms with E-state index in [1.54, 1.807) is 12.1 Å². The lowest BCUT2D eigenvalue weighted by Crippen LogP contribution is -2.22. The number of benzene rings is 1. The van der Waals surface area contributed by atoms with Crippen LogP contribution in [-0.2, 0) is 0 Å². The van der Waals surface area contributed by atoms with E-state index in [0.29, 0.717) is 5.56 Å². The van der Waals surface area contributed by atoms with Crippen molar-refractivity contribution in [2.75, 3.05) is 6.54 Å². The summed E-state index contributed by atoms with van der Waals surface area (Å²) in [5.74, 6) is -0.640. The van der Waals surface area contributed by atoms with Crippen LogP contribution >= 0.6 is 0 Å². The predicted octanol–water partition coefficient (Wildman–Crippen LogP) is 3.81. The topological polar surface area (TPSA) is 12.0 Å². The number of nitrogens with one attached hydrogen (secondary N) is 1. The molecule has 94 valence electrons. The molecule has 0 saturated heterocycles.